The van der Waals surface area contributed by atoms with Gasteiger partial charge in [-0.1, -0.05) is 13.8 Å². The van der Waals surface area contributed by atoms with Gasteiger partial charge in [0.25, 0.3) is 5.91 Å². The van der Waals surface area contributed by atoms with Crippen LogP contribution in [0, 0.1) is 12.8 Å². The van der Waals surface area contributed by atoms with E-state index < -0.39 is 23.5 Å². The number of hydrogen-bond acceptors (Lipinski definition) is 5. The van der Waals surface area contributed by atoms with Crippen molar-refractivity contribution in [3.05, 3.63) is 40.2 Å². The van der Waals surface area contributed by atoms with E-state index in [1.807, 2.05) is 13.8 Å². The standard InChI is InChI=1S/C18H21NO6/c1-10(2)6-14(18(22)23)19-16(20)9-24-12-4-5-13-11(3)7-17(21)25-15(13)8-12/h4-5,7-8,10,14H,6,9H2,1-3H3,(H,19,20)(H,22,23). The second kappa shape index (κ2) is 7.83. The quantitative estimate of drug-likeness (QED) is 0.743. The summed E-state index contributed by atoms with van der Waals surface area (Å²) in [6.07, 6.45) is 0.335. The molecule has 0 saturated carbocycles. The van der Waals surface area contributed by atoms with E-state index in [0.29, 0.717) is 17.8 Å². The maximum absolute atomic E-state index is 11.9. The number of carbonyl (C=O) groups excluding carboxylic acids is 1. The Bertz CT molecular complexity index is 839. The van der Waals surface area contributed by atoms with Gasteiger partial charge in [0.2, 0.25) is 0 Å². The number of hydrogen-bond donors (Lipinski definition) is 2. The topological polar surface area (TPSA) is 106 Å². The van der Waals surface area contributed by atoms with Gasteiger partial charge in [0, 0.05) is 17.5 Å². The molecule has 134 valence electrons. The number of carboxylic acid groups (broad SMARTS) is 1. The van der Waals surface area contributed by atoms with Crippen LogP contribution in [0.3, 0.4) is 0 Å². The second-order valence-electron chi connectivity index (χ2n) is 6.28. The smallest absolute Gasteiger partial charge is 0.336 e. The minimum absolute atomic E-state index is 0.133. The average Bonchev–Trinajstić information content (AvgIpc) is 2.51. The van der Waals surface area contributed by atoms with Gasteiger partial charge in [-0.2, -0.15) is 0 Å². The van der Waals surface area contributed by atoms with E-state index in [0.717, 1.165) is 10.9 Å². The molecule has 0 bridgehead atoms. The summed E-state index contributed by atoms with van der Waals surface area (Å²) < 4.78 is 10.5. The van der Waals surface area contributed by atoms with Crippen LogP contribution in [-0.4, -0.2) is 29.6 Å². The van der Waals surface area contributed by atoms with E-state index in [1.54, 1.807) is 19.1 Å². The summed E-state index contributed by atoms with van der Waals surface area (Å²) >= 11 is 0. The maximum Gasteiger partial charge on any atom is 0.336 e. The van der Waals surface area contributed by atoms with Gasteiger partial charge in [-0.25, -0.2) is 9.59 Å². The second-order valence-corrected chi connectivity index (χ2v) is 6.28. The van der Waals surface area contributed by atoms with Crippen molar-refractivity contribution < 1.29 is 23.8 Å². The van der Waals surface area contributed by atoms with Crippen LogP contribution in [0.4, 0.5) is 0 Å². The number of ether oxygens (including phenoxy) is 1. The fourth-order valence-electron chi connectivity index (χ4n) is 2.47. The van der Waals surface area contributed by atoms with Crippen molar-refractivity contribution in [3.63, 3.8) is 0 Å². The lowest BCUT2D eigenvalue weighted by Gasteiger charge is -2.16. The Kier molecular flexibility index (Phi) is 5.80. The third-order valence-electron chi connectivity index (χ3n) is 3.63. The molecule has 0 saturated heterocycles. The van der Waals surface area contributed by atoms with E-state index in [4.69, 9.17) is 14.3 Å². The summed E-state index contributed by atoms with van der Waals surface area (Å²) in [5.41, 5.74) is 0.692. The Morgan fingerprint density at radius 2 is 2.00 bits per heavy atom. The first-order chi connectivity index (χ1) is 11.8. The van der Waals surface area contributed by atoms with Crippen LogP contribution >= 0.6 is 0 Å². The first kappa shape index (κ1) is 18.5. The van der Waals surface area contributed by atoms with Crippen LogP contribution in [-0.2, 0) is 9.59 Å². The molecule has 2 aromatic rings. The van der Waals surface area contributed by atoms with Gasteiger partial charge >= 0.3 is 11.6 Å². The molecule has 7 heteroatoms. The highest BCUT2D eigenvalue weighted by atomic mass is 16.5. The number of nitrogens with one attached hydrogen (secondary N) is 1. The van der Waals surface area contributed by atoms with E-state index in [1.165, 1.54) is 12.1 Å². The molecule has 1 amide bonds. The monoisotopic (exact) mass is 347 g/mol. The minimum atomic E-state index is -1.08. The highest BCUT2D eigenvalue weighted by Gasteiger charge is 2.21. The maximum atomic E-state index is 11.9. The van der Waals surface area contributed by atoms with Crippen LogP contribution < -0.4 is 15.7 Å². The molecule has 1 heterocycles. The fraction of sp³-hybridized carbons (Fsp3) is 0.389. The number of aliphatic carboxylic acids is 1. The third-order valence-corrected chi connectivity index (χ3v) is 3.63. The molecule has 1 atom stereocenters. The molecule has 0 spiro atoms. The molecular formula is C18H21NO6. The minimum Gasteiger partial charge on any atom is -0.484 e. The van der Waals surface area contributed by atoms with Crippen LogP contribution in [0.2, 0.25) is 0 Å². The third kappa shape index (κ3) is 5.07. The molecule has 2 rings (SSSR count). The SMILES string of the molecule is Cc1cc(=O)oc2cc(OCC(=O)NC(CC(C)C)C(=O)O)ccc12. The lowest BCUT2D eigenvalue weighted by atomic mass is 10.0. The Morgan fingerprint density at radius 1 is 1.28 bits per heavy atom. The molecule has 0 aliphatic rings. The van der Waals surface area contributed by atoms with Gasteiger partial charge < -0.3 is 19.6 Å². The molecule has 1 aromatic carbocycles. The number of aryl methyl sites for hydroxylation is 1. The lowest BCUT2D eigenvalue weighted by molar-refractivity contribution is -0.142. The van der Waals surface area contributed by atoms with Crippen molar-refractivity contribution in [3.8, 4) is 5.75 Å². The van der Waals surface area contributed by atoms with E-state index in [-0.39, 0.29) is 12.5 Å². The molecule has 1 unspecified atom stereocenters. The number of carbonyl (C=O) groups is 2. The van der Waals surface area contributed by atoms with Gasteiger partial charge in [-0.15, -0.1) is 0 Å². The first-order valence-corrected chi connectivity index (χ1v) is 7.95. The van der Waals surface area contributed by atoms with Gasteiger partial charge in [-0.3, -0.25) is 4.79 Å². The van der Waals surface area contributed by atoms with E-state index in [9.17, 15) is 14.4 Å². The van der Waals surface area contributed by atoms with Gasteiger partial charge in [0.05, 0.1) is 0 Å². The molecule has 1 aromatic heterocycles. The number of amides is 1. The van der Waals surface area contributed by atoms with Gasteiger partial charge in [0.1, 0.15) is 17.4 Å². The number of carboxylic acids is 1. The van der Waals surface area contributed by atoms with Crippen molar-refractivity contribution in [2.24, 2.45) is 5.92 Å². The molecule has 0 radical (unpaired) electrons. The van der Waals surface area contributed by atoms with Crippen LogP contribution in [0.5, 0.6) is 5.75 Å². The molecule has 2 N–H and O–H groups in total. The summed E-state index contributed by atoms with van der Waals surface area (Å²) in [4.78, 5) is 34.5. The Hall–Kier alpha value is -2.83. The van der Waals surface area contributed by atoms with Crippen molar-refractivity contribution in [2.45, 2.75) is 33.2 Å². The summed E-state index contributed by atoms with van der Waals surface area (Å²) in [5, 5.41) is 12.3. The van der Waals surface area contributed by atoms with Crippen LogP contribution in [0.15, 0.2) is 33.5 Å². The Balaban J connectivity index is 2.03. The Labute approximate surface area is 144 Å². The molecular weight excluding hydrogens is 326 g/mol. The zero-order valence-electron chi connectivity index (χ0n) is 14.4. The van der Waals surface area contributed by atoms with E-state index in [2.05, 4.69) is 5.32 Å². The van der Waals surface area contributed by atoms with Crippen molar-refractivity contribution in [1.82, 2.24) is 5.32 Å². The number of fused-ring (bicyclic) bond motifs is 1. The predicted molar refractivity (Wildman–Crippen MR) is 91.7 cm³/mol. The summed E-state index contributed by atoms with van der Waals surface area (Å²) in [6, 6.07) is 5.37. The largest absolute Gasteiger partial charge is 0.484 e. The van der Waals surface area contributed by atoms with Gasteiger partial charge in [-0.05, 0) is 37.0 Å². The van der Waals surface area contributed by atoms with Crippen molar-refractivity contribution in [1.29, 1.82) is 0 Å². The molecule has 0 fully saturated rings. The van der Waals surface area contributed by atoms with Crippen molar-refractivity contribution >= 4 is 22.8 Å². The summed E-state index contributed by atoms with van der Waals surface area (Å²) in [6.45, 7) is 5.23. The molecule has 25 heavy (non-hydrogen) atoms. The normalized spacial score (nSPS) is 12.2. The van der Waals surface area contributed by atoms with E-state index >= 15 is 0 Å². The molecule has 0 aliphatic carbocycles. The highest BCUT2D eigenvalue weighted by Crippen LogP contribution is 2.22. The summed E-state index contributed by atoms with van der Waals surface area (Å²) in [5.74, 6) is -1.12. The first-order valence-electron chi connectivity index (χ1n) is 7.95. The highest BCUT2D eigenvalue weighted by molar-refractivity contribution is 5.84. The van der Waals surface area contributed by atoms with Crippen LogP contribution in [0.1, 0.15) is 25.8 Å². The zero-order chi connectivity index (χ0) is 18.6. The Morgan fingerprint density at radius 3 is 2.64 bits per heavy atom. The van der Waals surface area contributed by atoms with Crippen molar-refractivity contribution in [2.75, 3.05) is 6.61 Å². The molecule has 7 nitrogen and oxygen atoms in total. The average molecular weight is 347 g/mol. The number of rotatable bonds is 7. The summed E-state index contributed by atoms with van der Waals surface area (Å²) in [7, 11) is 0. The predicted octanol–water partition coefficient (Wildman–Crippen LogP) is 2.10. The number of benzene rings is 1. The molecule has 0 aliphatic heterocycles. The zero-order valence-corrected chi connectivity index (χ0v) is 14.4. The van der Waals surface area contributed by atoms with Crippen LogP contribution in [0.25, 0.3) is 11.0 Å². The lowest BCUT2D eigenvalue weighted by Crippen LogP contribution is -2.43. The fourth-order valence-corrected chi connectivity index (χ4v) is 2.47. The van der Waals surface area contributed by atoms with Gasteiger partial charge in [0.15, 0.2) is 6.61 Å².